The first-order valence-electron chi connectivity index (χ1n) is 6.39. The highest BCUT2D eigenvalue weighted by Gasteiger charge is 2.19. The van der Waals surface area contributed by atoms with Crippen LogP contribution in [0.4, 0.5) is 5.69 Å². The summed E-state index contributed by atoms with van der Waals surface area (Å²) >= 11 is 0. The molecule has 0 radical (unpaired) electrons. The summed E-state index contributed by atoms with van der Waals surface area (Å²) in [5.74, 6) is -1.28. The van der Waals surface area contributed by atoms with Crippen LogP contribution < -0.4 is 10.2 Å². The Hall–Kier alpha value is -2.04. The zero-order valence-electron chi connectivity index (χ0n) is 11.0. The first-order chi connectivity index (χ1) is 9.06. The Morgan fingerprint density at radius 3 is 2.95 bits per heavy atom. The molecule has 0 aromatic heterocycles. The highest BCUT2D eigenvalue weighted by atomic mass is 16.4. The fourth-order valence-corrected chi connectivity index (χ4v) is 2.37. The average Bonchev–Trinajstić information content (AvgIpc) is 2.36. The number of carbonyl (C=O) groups excluding carboxylic acids is 1. The van der Waals surface area contributed by atoms with Gasteiger partial charge in [0.15, 0.2) is 0 Å². The minimum Gasteiger partial charge on any atom is -0.480 e. The third-order valence-corrected chi connectivity index (χ3v) is 3.22. The van der Waals surface area contributed by atoms with E-state index < -0.39 is 5.97 Å². The topological polar surface area (TPSA) is 69.6 Å². The summed E-state index contributed by atoms with van der Waals surface area (Å²) in [4.78, 5) is 24.1. The molecule has 0 atom stereocenters. The predicted molar refractivity (Wildman–Crippen MR) is 72.4 cm³/mol. The fourth-order valence-electron chi connectivity index (χ4n) is 2.37. The summed E-state index contributed by atoms with van der Waals surface area (Å²) in [6.45, 7) is 2.77. The van der Waals surface area contributed by atoms with Gasteiger partial charge in [-0.25, -0.2) is 0 Å². The van der Waals surface area contributed by atoms with Crippen molar-refractivity contribution >= 4 is 17.6 Å². The van der Waals surface area contributed by atoms with Gasteiger partial charge >= 0.3 is 5.97 Å². The highest BCUT2D eigenvalue weighted by molar-refractivity contribution is 5.85. The molecule has 0 unspecified atom stereocenters. The molecule has 102 valence electrons. The Kier molecular flexibility index (Phi) is 4.04. The van der Waals surface area contributed by atoms with Gasteiger partial charge in [0, 0.05) is 12.2 Å². The molecule has 1 heterocycles. The molecule has 1 amide bonds. The Bertz CT molecular complexity index is 499. The summed E-state index contributed by atoms with van der Waals surface area (Å²) in [6, 6.07) is 6.22. The summed E-state index contributed by atoms with van der Waals surface area (Å²) in [5.41, 5.74) is 3.57. The molecule has 1 aliphatic heterocycles. The second-order valence-corrected chi connectivity index (χ2v) is 4.83. The minimum absolute atomic E-state index is 0.212. The highest BCUT2D eigenvalue weighted by Crippen LogP contribution is 2.27. The van der Waals surface area contributed by atoms with Crippen LogP contribution >= 0.6 is 0 Å². The largest absolute Gasteiger partial charge is 0.480 e. The molecule has 5 nitrogen and oxygen atoms in total. The zero-order valence-corrected chi connectivity index (χ0v) is 11.0. The van der Waals surface area contributed by atoms with Crippen LogP contribution in [0.5, 0.6) is 0 Å². The maximum Gasteiger partial charge on any atom is 0.322 e. The first-order valence-corrected chi connectivity index (χ1v) is 6.39. The van der Waals surface area contributed by atoms with E-state index in [0.717, 1.165) is 25.1 Å². The number of rotatable bonds is 4. The number of hydrogen-bond acceptors (Lipinski definition) is 3. The van der Waals surface area contributed by atoms with Crippen LogP contribution in [0, 0.1) is 6.92 Å². The van der Waals surface area contributed by atoms with E-state index in [1.54, 1.807) is 0 Å². The van der Waals surface area contributed by atoms with E-state index in [-0.39, 0.29) is 19.0 Å². The van der Waals surface area contributed by atoms with Gasteiger partial charge in [-0.05, 0) is 31.4 Å². The van der Waals surface area contributed by atoms with Gasteiger partial charge in [0.05, 0.1) is 6.54 Å². The number of nitrogens with zero attached hydrogens (tertiary/aromatic N) is 1. The smallest absolute Gasteiger partial charge is 0.322 e. The Balaban J connectivity index is 2.03. The van der Waals surface area contributed by atoms with Crippen LogP contribution in [0.1, 0.15) is 17.5 Å². The van der Waals surface area contributed by atoms with Crippen molar-refractivity contribution in [3.05, 3.63) is 29.3 Å². The molecule has 0 saturated carbocycles. The number of hydrogen-bond donors (Lipinski definition) is 2. The number of carbonyl (C=O) groups is 2. The minimum atomic E-state index is -1.02. The van der Waals surface area contributed by atoms with Crippen molar-refractivity contribution < 1.29 is 14.7 Å². The molecule has 19 heavy (non-hydrogen) atoms. The van der Waals surface area contributed by atoms with Gasteiger partial charge in [0.25, 0.3) is 0 Å². The number of nitrogens with one attached hydrogen (secondary N) is 1. The lowest BCUT2D eigenvalue weighted by molar-refractivity contribution is -0.137. The quantitative estimate of drug-likeness (QED) is 0.847. The number of aryl methyl sites for hydroxylation is 2. The molecule has 0 aliphatic carbocycles. The van der Waals surface area contributed by atoms with Crippen molar-refractivity contribution in [1.29, 1.82) is 0 Å². The van der Waals surface area contributed by atoms with Crippen LogP contribution in [0.25, 0.3) is 0 Å². The van der Waals surface area contributed by atoms with E-state index in [0.29, 0.717) is 0 Å². The number of amides is 1. The SMILES string of the molecule is Cc1ccc2c(c1)CCCN2CC(=O)NCC(=O)O. The lowest BCUT2D eigenvalue weighted by Gasteiger charge is -2.30. The Morgan fingerprint density at radius 2 is 2.21 bits per heavy atom. The summed E-state index contributed by atoms with van der Waals surface area (Å²) in [7, 11) is 0. The number of anilines is 1. The van der Waals surface area contributed by atoms with Crippen molar-refractivity contribution in [2.24, 2.45) is 0 Å². The molecule has 1 aromatic carbocycles. The van der Waals surface area contributed by atoms with Crippen LogP contribution in [-0.4, -0.2) is 36.6 Å². The summed E-state index contributed by atoms with van der Waals surface area (Å²) in [5, 5.41) is 10.9. The molecule has 1 aliphatic rings. The van der Waals surface area contributed by atoms with Crippen molar-refractivity contribution in [2.75, 3.05) is 24.5 Å². The van der Waals surface area contributed by atoms with Crippen LogP contribution in [0.3, 0.4) is 0 Å². The number of carboxylic acid groups (broad SMARTS) is 1. The summed E-state index contributed by atoms with van der Waals surface area (Å²) < 4.78 is 0. The van der Waals surface area contributed by atoms with Gasteiger partial charge < -0.3 is 15.3 Å². The molecule has 2 N–H and O–H groups in total. The lowest BCUT2D eigenvalue weighted by Crippen LogP contribution is -2.41. The van der Waals surface area contributed by atoms with Gasteiger partial charge in [0.2, 0.25) is 5.91 Å². The number of aliphatic carboxylic acids is 1. The molecule has 1 aromatic rings. The van der Waals surface area contributed by atoms with Crippen LogP contribution in [-0.2, 0) is 16.0 Å². The van der Waals surface area contributed by atoms with Gasteiger partial charge in [-0.1, -0.05) is 17.7 Å². The fraction of sp³-hybridized carbons (Fsp3) is 0.429. The standard InChI is InChI=1S/C14H18N2O3/c1-10-4-5-12-11(7-10)3-2-6-16(12)9-13(17)15-8-14(18)19/h4-5,7H,2-3,6,8-9H2,1H3,(H,15,17)(H,18,19). The van der Waals surface area contributed by atoms with E-state index in [2.05, 4.69) is 18.3 Å². The maximum absolute atomic E-state index is 11.7. The van der Waals surface area contributed by atoms with Crippen molar-refractivity contribution in [3.63, 3.8) is 0 Å². The van der Waals surface area contributed by atoms with Gasteiger partial charge in [0.1, 0.15) is 6.54 Å². The second-order valence-electron chi connectivity index (χ2n) is 4.83. The van der Waals surface area contributed by atoms with E-state index in [4.69, 9.17) is 5.11 Å². The molecule has 0 fully saturated rings. The molecular formula is C14H18N2O3. The first kappa shape index (κ1) is 13.4. The van der Waals surface area contributed by atoms with E-state index in [1.165, 1.54) is 11.1 Å². The summed E-state index contributed by atoms with van der Waals surface area (Å²) in [6.07, 6.45) is 2.05. The molecule has 0 bridgehead atoms. The molecule has 2 rings (SSSR count). The monoisotopic (exact) mass is 262 g/mol. The second kappa shape index (κ2) is 5.73. The third kappa shape index (κ3) is 3.47. The van der Waals surface area contributed by atoms with Crippen molar-refractivity contribution in [3.8, 4) is 0 Å². The number of benzene rings is 1. The average molecular weight is 262 g/mol. The Labute approximate surface area is 112 Å². The third-order valence-electron chi connectivity index (χ3n) is 3.22. The maximum atomic E-state index is 11.7. The van der Waals surface area contributed by atoms with Gasteiger partial charge in [-0.2, -0.15) is 0 Å². The van der Waals surface area contributed by atoms with Crippen LogP contribution in [0.15, 0.2) is 18.2 Å². The molecule has 0 saturated heterocycles. The normalized spacial score (nSPS) is 13.8. The number of carboxylic acids is 1. The molecular weight excluding hydrogens is 244 g/mol. The van der Waals surface area contributed by atoms with Gasteiger partial charge in [-0.15, -0.1) is 0 Å². The van der Waals surface area contributed by atoms with Gasteiger partial charge in [-0.3, -0.25) is 9.59 Å². The van der Waals surface area contributed by atoms with E-state index in [1.807, 2.05) is 17.0 Å². The molecule has 5 heteroatoms. The van der Waals surface area contributed by atoms with Crippen LogP contribution in [0.2, 0.25) is 0 Å². The number of fused-ring (bicyclic) bond motifs is 1. The van der Waals surface area contributed by atoms with E-state index >= 15 is 0 Å². The predicted octanol–water partition coefficient (Wildman–Crippen LogP) is 0.948. The zero-order chi connectivity index (χ0) is 13.8. The molecule has 0 spiro atoms. The van der Waals surface area contributed by atoms with E-state index in [9.17, 15) is 9.59 Å². The Morgan fingerprint density at radius 1 is 1.42 bits per heavy atom. The van der Waals surface area contributed by atoms with Crippen molar-refractivity contribution in [2.45, 2.75) is 19.8 Å². The lowest BCUT2D eigenvalue weighted by atomic mass is 9.99. The van der Waals surface area contributed by atoms with Crippen molar-refractivity contribution in [1.82, 2.24) is 5.32 Å².